The van der Waals surface area contributed by atoms with E-state index >= 15 is 0 Å². The van der Waals surface area contributed by atoms with Crippen LogP contribution in [0.3, 0.4) is 0 Å². The molecular weight excluding hydrogens is 304 g/mol. The molecule has 1 amide bonds. The van der Waals surface area contributed by atoms with Crippen molar-refractivity contribution in [1.82, 2.24) is 5.43 Å². The smallest absolute Gasteiger partial charge is 0.277 e. The number of hydrogen-bond donors (Lipinski definition) is 1. The number of rotatable bonds is 8. The first-order valence-electron chi connectivity index (χ1n) is 7.94. The predicted octanol–water partition coefficient (Wildman–Crippen LogP) is 3.99. The molecule has 24 heavy (non-hydrogen) atoms. The van der Waals surface area contributed by atoms with Gasteiger partial charge < -0.3 is 9.15 Å². The molecule has 0 aliphatic heterocycles. The van der Waals surface area contributed by atoms with E-state index in [4.69, 9.17) is 9.15 Å². The second-order valence-electron chi connectivity index (χ2n) is 5.35. The van der Waals surface area contributed by atoms with Crippen LogP contribution < -0.4 is 10.2 Å². The van der Waals surface area contributed by atoms with Gasteiger partial charge in [-0.25, -0.2) is 5.43 Å². The molecule has 1 aromatic heterocycles. The van der Waals surface area contributed by atoms with Gasteiger partial charge in [0.1, 0.15) is 11.5 Å². The minimum atomic E-state index is -0.316. The first-order valence-corrected chi connectivity index (χ1v) is 7.94. The predicted molar refractivity (Wildman–Crippen MR) is 95.0 cm³/mol. The van der Waals surface area contributed by atoms with Crippen LogP contribution in [-0.2, 0) is 4.79 Å². The number of hydrogen-bond acceptors (Lipinski definition) is 4. The molecule has 5 nitrogen and oxygen atoms in total. The third-order valence-electron chi connectivity index (χ3n) is 3.58. The Kier molecular flexibility index (Phi) is 6.83. The molecule has 0 bridgehead atoms. The minimum Gasteiger partial charge on any atom is -0.484 e. The lowest BCUT2D eigenvalue weighted by Gasteiger charge is -2.10. The molecule has 0 saturated heterocycles. The summed E-state index contributed by atoms with van der Waals surface area (Å²) >= 11 is 0. The summed E-state index contributed by atoms with van der Waals surface area (Å²) < 4.78 is 10.6. The van der Waals surface area contributed by atoms with Crippen molar-refractivity contribution < 1.29 is 13.9 Å². The van der Waals surface area contributed by atoms with Crippen molar-refractivity contribution in [1.29, 1.82) is 0 Å². The van der Waals surface area contributed by atoms with Crippen LogP contribution in [0, 0.1) is 0 Å². The number of carbonyl (C=O) groups excluding carboxylic acids is 1. The molecule has 126 valence electrons. The SMILES string of the molecule is CCC(C)c1ccc(OCC(=O)N/N=C/C=C/c2ccco2)cc1. The highest BCUT2D eigenvalue weighted by molar-refractivity contribution is 5.81. The molecule has 2 aromatic rings. The van der Waals surface area contributed by atoms with E-state index in [2.05, 4.69) is 24.4 Å². The molecule has 1 N–H and O–H groups in total. The van der Waals surface area contributed by atoms with Gasteiger partial charge in [0.05, 0.1) is 6.26 Å². The van der Waals surface area contributed by atoms with Crippen LogP contribution >= 0.6 is 0 Å². The summed E-state index contributed by atoms with van der Waals surface area (Å²) in [5.41, 5.74) is 3.66. The summed E-state index contributed by atoms with van der Waals surface area (Å²) in [5, 5.41) is 3.80. The molecule has 1 unspecified atom stereocenters. The van der Waals surface area contributed by atoms with E-state index in [1.165, 1.54) is 11.8 Å². The first kappa shape index (κ1) is 17.5. The Labute approximate surface area is 142 Å². The number of allylic oxidation sites excluding steroid dienone is 1. The highest BCUT2D eigenvalue weighted by Gasteiger charge is 2.04. The first-order chi connectivity index (χ1) is 11.7. The molecule has 0 aliphatic carbocycles. The van der Waals surface area contributed by atoms with E-state index in [1.54, 1.807) is 24.5 Å². The second kappa shape index (κ2) is 9.35. The average Bonchev–Trinajstić information content (AvgIpc) is 3.13. The quantitative estimate of drug-likeness (QED) is 0.589. The number of benzene rings is 1. The Bertz CT molecular complexity index is 673. The summed E-state index contributed by atoms with van der Waals surface area (Å²) in [6, 6.07) is 11.4. The summed E-state index contributed by atoms with van der Waals surface area (Å²) in [6.07, 6.45) is 7.57. The maximum Gasteiger partial charge on any atom is 0.277 e. The molecule has 0 spiro atoms. The fraction of sp³-hybridized carbons (Fsp3) is 0.263. The van der Waals surface area contributed by atoms with Crippen molar-refractivity contribution in [3.05, 3.63) is 60.1 Å². The zero-order valence-corrected chi connectivity index (χ0v) is 13.9. The number of hydrazone groups is 1. The van der Waals surface area contributed by atoms with Gasteiger partial charge in [0.15, 0.2) is 6.61 Å². The summed E-state index contributed by atoms with van der Waals surface area (Å²) in [6.45, 7) is 4.26. The highest BCUT2D eigenvalue weighted by atomic mass is 16.5. The molecule has 1 aromatic carbocycles. The molecule has 0 fully saturated rings. The van der Waals surface area contributed by atoms with Crippen LogP contribution in [0.2, 0.25) is 0 Å². The number of furan rings is 1. The average molecular weight is 326 g/mol. The third-order valence-corrected chi connectivity index (χ3v) is 3.58. The minimum absolute atomic E-state index is 0.0814. The lowest BCUT2D eigenvalue weighted by atomic mass is 9.99. The molecule has 0 aliphatic rings. The Balaban J connectivity index is 1.71. The lowest BCUT2D eigenvalue weighted by Crippen LogP contribution is -2.24. The summed E-state index contributed by atoms with van der Waals surface area (Å²) in [4.78, 5) is 11.6. The maximum absolute atomic E-state index is 11.6. The monoisotopic (exact) mass is 326 g/mol. The molecule has 1 heterocycles. The molecule has 0 radical (unpaired) electrons. The second-order valence-corrected chi connectivity index (χ2v) is 5.35. The van der Waals surface area contributed by atoms with Crippen LogP contribution in [0.25, 0.3) is 6.08 Å². The molecule has 5 heteroatoms. The molecular formula is C19H22N2O3. The van der Waals surface area contributed by atoms with Crippen LogP contribution in [0.1, 0.15) is 37.5 Å². The fourth-order valence-corrected chi connectivity index (χ4v) is 1.99. The van der Waals surface area contributed by atoms with Gasteiger partial charge in [-0.05, 0) is 54.3 Å². The van der Waals surface area contributed by atoms with Crippen molar-refractivity contribution in [2.24, 2.45) is 5.10 Å². The lowest BCUT2D eigenvalue weighted by molar-refractivity contribution is -0.123. The maximum atomic E-state index is 11.6. The fourth-order valence-electron chi connectivity index (χ4n) is 1.99. The molecule has 1 atom stereocenters. The number of nitrogens with one attached hydrogen (secondary N) is 1. The summed E-state index contributed by atoms with van der Waals surface area (Å²) in [7, 11) is 0. The Hall–Kier alpha value is -2.82. The van der Waals surface area contributed by atoms with Gasteiger partial charge in [-0.3, -0.25) is 4.79 Å². The zero-order chi connectivity index (χ0) is 17.2. The number of nitrogens with zero attached hydrogens (tertiary/aromatic N) is 1. The Morgan fingerprint density at radius 1 is 1.33 bits per heavy atom. The van der Waals surface area contributed by atoms with Gasteiger partial charge in [-0.15, -0.1) is 0 Å². The van der Waals surface area contributed by atoms with Gasteiger partial charge in [0.2, 0.25) is 0 Å². The van der Waals surface area contributed by atoms with Crippen molar-refractivity contribution in [2.75, 3.05) is 6.61 Å². The number of carbonyl (C=O) groups is 1. The topological polar surface area (TPSA) is 63.8 Å². The Morgan fingerprint density at radius 2 is 2.12 bits per heavy atom. The van der Waals surface area contributed by atoms with E-state index in [0.717, 1.165) is 12.2 Å². The largest absolute Gasteiger partial charge is 0.484 e. The van der Waals surface area contributed by atoms with Crippen LogP contribution in [0.5, 0.6) is 5.75 Å². The molecule has 2 rings (SSSR count). The third kappa shape index (κ3) is 5.76. The van der Waals surface area contributed by atoms with Crippen molar-refractivity contribution >= 4 is 18.2 Å². The van der Waals surface area contributed by atoms with Crippen LogP contribution in [-0.4, -0.2) is 18.7 Å². The van der Waals surface area contributed by atoms with Gasteiger partial charge in [0, 0.05) is 6.21 Å². The van der Waals surface area contributed by atoms with E-state index in [1.807, 2.05) is 30.3 Å². The standard InChI is InChI=1S/C19H22N2O3/c1-3-15(2)16-8-10-18(11-9-16)24-14-19(22)21-20-12-4-6-17-7-5-13-23-17/h4-13,15H,3,14H2,1-2H3,(H,21,22)/b6-4+,20-12+. The van der Waals surface area contributed by atoms with Crippen molar-refractivity contribution in [2.45, 2.75) is 26.2 Å². The van der Waals surface area contributed by atoms with Crippen molar-refractivity contribution in [3.63, 3.8) is 0 Å². The van der Waals surface area contributed by atoms with E-state index < -0.39 is 0 Å². The van der Waals surface area contributed by atoms with E-state index in [0.29, 0.717) is 11.7 Å². The number of amides is 1. The van der Waals surface area contributed by atoms with Crippen LogP contribution in [0.4, 0.5) is 0 Å². The Morgan fingerprint density at radius 3 is 2.79 bits per heavy atom. The number of ether oxygens (including phenoxy) is 1. The van der Waals surface area contributed by atoms with Gasteiger partial charge in [-0.1, -0.05) is 26.0 Å². The normalized spacial score (nSPS) is 12.6. The van der Waals surface area contributed by atoms with Gasteiger partial charge in [0.25, 0.3) is 5.91 Å². The van der Waals surface area contributed by atoms with E-state index in [9.17, 15) is 4.79 Å². The summed E-state index contributed by atoms with van der Waals surface area (Å²) in [5.74, 6) is 1.59. The van der Waals surface area contributed by atoms with Crippen molar-refractivity contribution in [3.8, 4) is 5.75 Å². The zero-order valence-electron chi connectivity index (χ0n) is 13.9. The highest BCUT2D eigenvalue weighted by Crippen LogP contribution is 2.21. The van der Waals surface area contributed by atoms with Crippen LogP contribution in [0.15, 0.2) is 58.3 Å². The van der Waals surface area contributed by atoms with Gasteiger partial charge >= 0.3 is 0 Å². The van der Waals surface area contributed by atoms with E-state index in [-0.39, 0.29) is 12.5 Å². The molecule has 0 saturated carbocycles. The van der Waals surface area contributed by atoms with Gasteiger partial charge in [-0.2, -0.15) is 5.10 Å².